The molecule has 6 aromatic carbocycles. The van der Waals surface area contributed by atoms with Crippen molar-refractivity contribution in [2.75, 3.05) is 6.54 Å². The third kappa shape index (κ3) is 4.48. The van der Waals surface area contributed by atoms with Crippen molar-refractivity contribution >= 4 is 44.1 Å². The Morgan fingerprint density at radius 2 is 0.913 bits per heavy atom. The predicted octanol–water partition coefficient (Wildman–Crippen LogP) is 10.9. The van der Waals surface area contributed by atoms with Gasteiger partial charge in [0.2, 0.25) is 0 Å². The molecule has 1 aliphatic rings. The minimum absolute atomic E-state index is 0.828. The number of dihydropyridines is 1. The average Bonchev–Trinajstić information content (AvgIpc) is 3.14. The van der Waals surface area contributed by atoms with Gasteiger partial charge < -0.3 is 0 Å². The van der Waals surface area contributed by atoms with E-state index in [-0.39, 0.29) is 0 Å². The topological polar surface area (TPSA) is 38.1 Å². The zero-order valence-corrected chi connectivity index (χ0v) is 25.2. The molecule has 0 amide bonds. The predicted molar refractivity (Wildman–Crippen MR) is 193 cm³/mol. The lowest BCUT2D eigenvalue weighted by Crippen LogP contribution is -1.96. The highest BCUT2D eigenvalue weighted by Crippen LogP contribution is 2.43. The van der Waals surface area contributed by atoms with Crippen LogP contribution in [-0.2, 0) is 0 Å². The molecule has 0 radical (unpaired) electrons. The van der Waals surface area contributed by atoms with Crippen molar-refractivity contribution in [3.63, 3.8) is 0 Å². The van der Waals surface area contributed by atoms with Crippen LogP contribution in [0.25, 0.3) is 82.4 Å². The van der Waals surface area contributed by atoms with Crippen molar-refractivity contribution in [3.05, 3.63) is 152 Å². The lowest BCUT2D eigenvalue weighted by Gasteiger charge is -2.18. The molecule has 3 nitrogen and oxygen atoms in total. The highest BCUT2D eigenvalue weighted by Gasteiger charge is 2.17. The van der Waals surface area contributed by atoms with E-state index < -0.39 is 0 Å². The number of aromatic nitrogens is 2. The molecule has 0 aliphatic carbocycles. The highest BCUT2D eigenvalue weighted by molar-refractivity contribution is 6.27. The van der Waals surface area contributed by atoms with Crippen molar-refractivity contribution < 1.29 is 0 Å². The molecule has 0 N–H and O–H groups in total. The first kappa shape index (κ1) is 26.5. The molecule has 46 heavy (non-hydrogen) atoms. The van der Waals surface area contributed by atoms with Crippen molar-refractivity contribution in [3.8, 4) is 44.5 Å². The summed E-state index contributed by atoms with van der Waals surface area (Å²) in [6.07, 6.45) is 12.5. The normalized spacial score (nSPS) is 13.1. The van der Waals surface area contributed by atoms with E-state index in [4.69, 9.17) is 0 Å². The largest absolute Gasteiger partial charge is 0.293 e. The first-order chi connectivity index (χ1) is 22.8. The van der Waals surface area contributed by atoms with Gasteiger partial charge >= 0.3 is 0 Å². The van der Waals surface area contributed by atoms with Crippen molar-refractivity contribution in [1.82, 2.24) is 9.97 Å². The molecule has 0 spiro atoms. The van der Waals surface area contributed by atoms with Crippen LogP contribution in [0.1, 0.15) is 12.0 Å². The number of aliphatic imine (C=N–C) groups is 1. The Morgan fingerprint density at radius 1 is 0.413 bits per heavy atom. The number of hydrogen-bond acceptors (Lipinski definition) is 3. The van der Waals surface area contributed by atoms with Crippen LogP contribution in [0, 0.1) is 0 Å². The van der Waals surface area contributed by atoms with Gasteiger partial charge in [-0.2, -0.15) is 0 Å². The molecule has 8 aromatic rings. The highest BCUT2D eigenvalue weighted by atomic mass is 14.7. The number of benzene rings is 6. The van der Waals surface area contributed by atoms with Crippen LogP contribution < -0.4 is 0 Å². The summed E-state index contributed by atoms with van der Waals surface area (Å²) in [5.74, 6) is 0. The molecule has 216 valence electrons. The summed E-state index contributed by atoms with van der Waals surface area (Å²) >= 11 is 0. The Hall–Kier alpha value is -5.93. The third-order valence-corrected chi connectivity index (χ3v) is 9.39. The summed E-state index contributed by atoms with van der Waals surface area (Å²) in [4.78, 5) is 12.9. The lowest BCUT2D eigenvalue weighted by molar-refractivity contribution is 1.02. The maximum atomic E-state index is 4.44. The molecule has 2 aromatic heterocycles. The minimum Gasteiger partial charge on any atom is -0.293 e. The van der Waals surface area contributed by atoms with Gasteiger partial charge in [-0.25, -0.2) is 0 Å². The Balaban J connectivity index is 1.23. The van der Waals surface area contributed by atoms with Gasteiger partial charge in [0.1, 0.15) is 0 Å². The zero-order valence-electron chi connectivity index (χ0n) is 25.2. The maximum Gasteiger partial charge on any atom is 0.0429 e. The zero-order chi connectivity index (χ0) is 30.5. The summed E-state index contributed by atoms with van der Waals surface area (Å²) in [7, 11) is 0. The average molecular weight is 588 g/mol. The number of rotatable bonds is 5. The van der Waals surface area contributed by atoms with Crippen LogP contribution in [-0.4, -0.2) is 22.7 Å². The van der Waals surface area contributed by atoms with Crippen LogP contribution in [0.3, 0.4) is 0 Å². The Kier molecular flexibility index (Phi) is 6.27. The number of nitrogens with zero attached hydrogens (tertiary/aromatic N) is 3. The summed E-state index contributed by atoms with van der Waals surface area (Å²) in [5.41, 5.74) is 12.2. The van der Waals surface area contributed by atoms with Gasteiger partial charge in [0, 0.05) is 37.5 Å². The summed E-state index contributed by atoms with van der Waals surface area (Å²) in [6.45, 7) is 0.828. The number of pyridine rings is 2. The van der Waals surface area contributed by atoms with E-state index in [1.165, 1.54) is 88.0 Å². The van der Waals surface area contributed by atoms with Gasteiger partial charge in [0.15, 0.2) is 0 Å². The molecule has 1 aliphatic heterocycles. The van der Waals surface area contributed by atoms with Gasteiger partial charge in [-0.1, -0.05) is 72.8 Å². The smallest absolute Gasteiger partial charge is 0.0429 e. The van der Waals surface area contributed by atoms with Gasteiger partial charge in [0.25, 0.3) is 0 Å². The molecule has 3 heterocycles. The Morgan fingerprint density at radius 3 is 1.52 bits per heavy atom. The van der Waals surface area contributed by atoms with Gasteiger partial charge in [0.05, 0.1) is 0 Å². The number of allylic oxidation sites excluding steroid dienone is 1. The molecule has 0 unspecified atom stereocenters. The molecule has 0 saturated heterocycles. The van der Waals surface area contributed by atoms with Crippen molar-refractivity contribution in [2.45, 2.75) is 6.42 Å². The van der Waals surface area contributed by atoms with Gasteiger partial charge in [-0.05, 0) is 143 Å². The summed E-state index contributed by atoms with van der Waals surface area (Å²) in [6, 6.07) is 42.5. The third-order valence-electron chi connectivity index (χ3n) is 9.39. The summed E-state index contributed by atoms with van der Waals surface area (Å²) in [5, 5.41) is 7.73. The quantitative estimate of drug-likeness (QED) is 0.188. The fourth-order valence-corrected chi connectivity index (χ4v) is 7.10. The van der Waals surface area contributed by atoms with E-state index in [1.54, 1.807) is 0 Å². The Labute approximate surface area is 267 Å². The number of hydrogen-bond donors (Lipinski definition) is 0. The molecule has 3 heteroatoms. The molecular formula is C43H29N3. The minimum atomic E-state index is 0.828. The van der Waals surface area contributed by atoms with Crippen molar-refractivity contribution in [1.29, 1.82) is 0 Å². The second-order valence-electron chi connectivity index (χ2n) is 12.0. The van der Waals surface area contributed by atoms with E-state index in [9.17, 15) is 0 Å². The molecule has 0 bridgehead atoms. The SMILES string of the molecule is C1=NCCC(c2cc(-c3ccncc3)cc(-c3ccc4ccc5c(-c6ccc(-c7ccncc7)cc6)ccc6ccc3c4c65)c2)=C1. The molecule has 0 saturated carbocycles. The van der Waals surface area contributed by atoms with Gasteiger partial charge in [-0.15, -0.1) is 0 Å². The van der Waals surface area contributed by atoms with Crippen LogP contribution in [0.4, 0.5) is 0 Å². The van der Waals surface area contributed by atoms with Crippen LogP contribution >= 0.6 is 0 Å². The summed E-state index contributed by atoms with van der Waals surface area (Å²) < 4.78 is 0. The van der Waals surface area contributed by atoms with E-state index in [2.05, 4.69) is 136 Å². The first-order valence-corrected chi connectivity index (χ1v) is 15.8. The lowest BCUT2D eigenvalue weighted by atomic mass is 9.86. The van der Waals surface area contributed by atoms with Crippen molar-refractivity contribution in [2.24, 2.45) is 4.99 Å². The molecule has 0 fully saturated rings. The van der Waals surface area contributed by atoms with Crippen LogP contribution in [0.15, 0.2) is 151 Å². The van der Waals surface area contributed by atoms with Gasteiger partial charge in [-0.3, -0.25) is 15.0 Å². The fraction of sp³-hybridized carbons (Fsp3) is 0.0465. The van der Waals surface area contributed by atoms with E-state index in [0.717, 1.165) is 13.0 Å². The molecule has 0 atom stereocenters. The second-order valence-corrected chi connectivity index (χ2v) is 12.0. The van der Waals surface area contributed by atoms with Crippen LogP contribution in [0.2, 0.25) is 0 Å². The standard InChI is InChI=1S/C43H29N3/c1-3-32(4-2-28(1)29-13-19-44-20-14-29)38-9-5-33-8-12-41-39(10-6-34-7-11-40(38)42(33)43(34)41)37-26-35(30-15-21-45-22-16-30)25-36(27-37)31-17-23-46-24-18-31/h1-17,19-23,25-27H,18,24H2. The maximum absolute atomic E-state index is 4.44. The second kappa shape index (κ2) is 10.9. The Bertz CT molecular complexity index is 2440. The fourth-order valence-electron chi connectivity index (χ4n) is 7.10. The molecular weight excluding hydrogens is 558 g/mol. The first-order valence-electron chi connectivity index (χ1n) is 15.8. The molecule has 9 rings (SSSR count). The van der Waals surface area contributed by atoms with Crippen LogP contribution in [0.5, 0.6) is 0 Å². The van der Waals surface area contributed by atoms with E-state index in [0.29, 0.717) is 0 Å². The monoisotopic (exact) mass is 587 g/mol. The van der Waals surface area contributed by atoms with E-state index >= 15 is 0 Å². The van der Waals surface area contributed by atoms with E-state index in [1.807, 2.05) is 31.0 Å².